The number of nitrogens with zero attached hydrogens (tertiary/aromatic N) is 4. The average Bonchev–Trinajstić information content (AvgIpc) is 2.85. The first kappa shape index (κ1) is 17.4. The maximum absolute atomic E-state index is 12.6. The van der Waals surface area contributed by atoms with Crippen molar-refractivity contribution >= 4 is 11.8 Å². The lowest BCUT2D eigenvalue weighted by Crippen LogP contribution is -2.55. The number of hydrogen-bond donors (Lipinski definition) is 1. The van der Waals surface area contributed by atoms with E-state index in [4.69, 9.17) is 5.26 Å². The van der Waals surface area contributed by atoms with Crippen molar-refractivity contribution in [2.45, 2.75) is 32.2 Å². The highest BCUT2D eigenvalue weighted by Gasteiger charge is 2.31. The van der Waals surface area contributed by atoms with Crippen LogP contribution in [0.25, 0.3) is 0 Å². The Kier molecular flexibility index (Phi) is 5.29. The number of carbonyl (C=O) groups is 2. The summed E-state index contributed by atoms with van der Waals surface area (Å²) in [6.45, 7) is 5.06. The third-order valence-electron chi connectivity index (χ3n) is 4.97. The van der Waals surface area contributed by atoms with E-state index in [0.29, 0.717) is 43.1 Å². The fourth-order valence-electron chi connectivity index (χ4n) is 3.47. The second-order valence-electron chi connectivity index (χ2n) is 6.57. The van der Waals surface area contributed by atoms with Crippen molar-refractivity contribution in [2.24, 2.45) is 0 Å². The summed E-state index contributed by atoms with van der Waals surface area (Å²) in [5.74, 6) is -0.000724. The Morgan fingerprint density at radius 1 is 1.28 bits per heavy atom. The standard InChI is InChI=1S/C18H23N5O2/c1-13-14(12-19)5-6-15(21-13)18(25)23-10-8-22(9-11-23)16-4-2-3-7-20-17(16)24/h5-6,16H,2-4,7-11H2,1H3,(H,20,24). The van der Waals surface area contributed by atoms with Crippen LogP contribution in [0, 0.1) is 18.3 Å². The molecule has 0 radical (unpaired) electrons. The average molecular weight is 341 g/mol. The van der Waals surface area contributed by atoms with Crippen LogP contribution in [0.3, 0.4) is 0 Å². The van der Waals surface area contributed by atoms with Gasteiger partial charge in [-0.1, -0.05) is 0 Å². The second-order valence-corrected chi connectivity index (χ2v) is 6.57. The van der Waals surface area contributed by atoms with Gasteiger partial charge in [0.15, 0.2) is 0 Å². The fraction of sp³-hybridized carbons (Fsp3) is 0.556. The Morgan fingerprint density at radius 2 is 2.04 bits per heavy atom. The molecule has 2 fully saturated rings. The van der Waals surface area contributed by atoms with E-state index in [1.165, 1.54) is 0 Å². The maximum atomic E-state index is 12.6. The van der Waals surface area contributed by atoms with Crippen LogP contribution >= 0.6 is 0 Å². The molecule has 2 amide bonds. The number of amides is 2. The van der Waals surface area contributed by atoms with Gasteiger partial charge < -0.3 is 10.2 Å². The van der Waals surface area contributed by atoms with Crippen LogP contribution in [0.1, 0.15) is 41.0 Å². The van der Waals surface area contributed by atoms with Gasteiger partial charge in [0, 0.05) is 32.7 Å². The van der Waals surface area contributed by atoms with Gasteiger partial charge in [-0.2, -0.15) is 5.26 Å². The number of nitrogens with one attached hydrogen (secondary N) is 1. The zero-order valence-electron chi connectivity index (χ0n) is 14.5. The topological polar surface area (TPSA) is 89.3 Å². The summed E-state index contributed by atoms with van der Waals surface area (Å²) in [7, 11) is 0. The van der Waals surface area contributed by atoms with Gasteiger partial charge in [-0.05, 0) is 38.3 Å². The SMILES string of the molecule is Cc1nc(C(=O)N2CCN(C3CCCCNC3=O)CC2)ccc1C#N. The molecule has 2 aliphatic rings. The number of aryl methyl sites for hydroxylation is 1. The number of carbonyl (C=O) groups excluding carboxylic acids is 2. The van der Waals surface area contributed by atoms with E-state index in [9.17, 15) is 9.59 Å². The van der Waals surface area contributed by atoms with Crippen LogP contribution in [-0.4, -0.2) is 65.4 Å². The van der Waals surface area contributed by atoms with Gasteiger partial charge in [0.25, 0.3) is 5.91 Å². The van der Waals surface area contributed by atoms with Gasteiger partial charge in [0.1, 0.15) is 11.8 Å². The van der Waals surface area contributed by atoms with E-state index in [-0.39, 0.29) is 17.9 Å². The maximum Gasteiger partial charge on any atom is 0.272 e. The van der Waals surface area contributed by atoms with Crippen molar-refractivity contribution in [3.63, 3.8) is 0 Å². The molecular formula is C18H23N5O2. The molecular weight excluding hydrogens is 318 g/mol. The minimum absolute atomic E-state index is 0.0740. The van der Waals surface area contributed by atoms with Crippen molar-refractivity contribution in [3.8, 4) is 6.07 Å². The Balaban J connectivity index is 1.62. The van der Waals surface area contributed by atoms with Gasteiger partial charge in [0.05, 0.1) is 17.3 Å². The minimum Gasteiger partial charge on any atom is -0.355 e. The zero-order chi connectivity index (χ0) is 17.8. The third-order valence-corrected chi connectivity index (χ3v) is 4.97. The predicted octanol–water partition coefficient (Wildman–Crippen LogP) is 0.688. The second kappa shape index (κ2) is 7.62. The quantitative estimate of drug-likeness (QED) is 0.855. The van der Waals surface area contributed by atoms with Crippen molar-refractivity contribution in [3.05, 3.63) is 29.1 Å². The van der Waals surface area contributed by atoms with Crippen LogP contribution in [0.15, 0.2) is 12.1 Å². The number of nitriles is 1. The van der Waals surface area contributed by atoms with Gasteiger partial charge in [0.2, 0.25) is 5.91 Å². The van der Waals surface area contributed by atoms with Crippen LogP contribution in [0.2, 0.25) is 0 Å². The van der Waals surface area contributed by atoms with Gasteiger partial charge in [-0.15, -0.1) is 0 Å². The number of aromatic nitrogens is 1. The Bertz CT molecular complexity index is 704. The van der Waals surface area contributed by atoms with Gasteiger partial charge in [-0.3, -0.25) is 14.5 Å². The highest BCUT2D eigenvalue weighted by molar-refractivity contribution is 5.92. The number of piperazine rings is 1. The van der Waals surface area contributed by atoms with Crippen molar-refractivity contribution in [1.29, 1.82) is 5.26 Å². The normalized spacial score (nSPS) is 22.0. The van der Waals surface area contributed by atoms with E-state index >= 15 is 0 Å². The molecule has 7 heteroatoms. The molecule has 1 aromatic heterocycles. The summed E-state index contributed by atoms with van der Waals surface area (Å²) in [5, 5.41) is 11.9. The smallest absolute Gasteiger partial charge is 0.272 e. The van der Waals surface area contributed by atoms with Crippen LogP contribution in [-0.2, 0) is 4.79 Å². The summed E-state index contributed by atoms with van der Waals surface area (Å²) in [4.78, 5) is 33.0. The molecule has 1 N–H and O–H groups in total. The lowest BCUT2D eigenvalue weighted by atomic mass is 10.1. The summed E-state index contributed by atoms with van der Waals surface area (Å²) in [6, 6.07) is 5.24. The molecule has 25 heavy (non-hydrogen) atoms. The molecule has 3 heterocycles. The summed E-state index contributed by atoms with van der Waals surface area (Å²) in [6.07, 6.45) is 2.97. The molecule has 0 spiro atoms. The van der Waals surface area contributed by atoms with Crippen LogP contribution in [0.5, 0.6) is 0 Å². The Labute approximate surface area is 147 Å². The molecule has 3 rings (SSSR count). The van der Waals surface area contributed by atoms with Crippen LogP contribution in [0.4, 0.5) is 0 Å². The molecule has 7 nitrogen and oxygen atoms in total. The fourth-order valence-corrected chi connectivity index (χ4v) is 3.47. The third kappa shape index (κ3) is 3.80. The Hall–Kier alpha value is -2.46. The number of hydrogen-bond acceptors (Lipinski definition) is 5. The van der Waals surface area contributed by atoms with Crippen molar-refractivity contribution in [1.82, 2.24) is 20.1 Å². The monoisotopic (exact) mass is 341 g/mol. The van der Waals surface area contributed by atoms with E-state index < -0.39 is 0 Å². The predicted molar refractivity (Wildman–Crippen MR) is 91.8 cm³/mol. The molecule has 1 atom stereocenters. The summed E-state index contributed by atoms with van der Waals surface area (Å²) < 4.78 is 0. The molecule has 2 saturated heterocycles. The summed E-state index contributed by atoms with van der Waals surface area (Å²) >= 11 is 0. The molecule has 1 unspecified atom stereocenters. The molecule has 2 aliphatic heterocycles. The molecule has 132 valence electrons. The van der Waals surface area contributed by atoms with E-state index in [1.807, 2.05) is 0 Å². The zero-order valence-corrected chi connectivity index (χ0v) is 14.5. The molecule has 0 saturated carbocycles. The number of pyridine rings is 1. The lowest BCUT2D eigenvalue weighted by Gasteiger charge is -2.38. The van der Waals surface area contributed by atoms with Crippen LogP contribution < -0.4 is 5.32 Å². The van der Waals surface area contributed by atoms with Gasteiger partial charge in [-0.25, -0.2) is 4.98 Å². The Morgan fingerprint density at radius 3 is 2.72 bits per heavy atom. The lowest BCUT2D eigenvalue weighted by molar-refractivity contribution is -0.126. The van der Waals surface area contributed by atoms with E-state index in [0.717, 1.165) is 25.8 Å². The van der Waals surface area contributed by atoms with Crippen molar-refractivity contribution in [2.75, 3.05) is 32.7 Å². The number of rotatable bonds is 2. The van der Waals surface area contributed by atoms with Gasteiger partial charge >= 0.3 is 0 Å². The first-order valence-corrected chi connectivity index (χ1v) is 8.79. The van der Waals surface area contributed by atoms with Crippen molar-refractivity contribution < 1.29 is 9.59 Å². The first-order chi connectivity index (χ1) is 12.1. The first-order valence-electron chi connectivity index (χ1n) is 8.79. The minimum atomic E-state index is -0.113. The molecule has 0 bridgehead atoms. The van der Waals surface area contributed by atoms with E-state index in [1.54, 1.807) is 24.0 Å². The molecule has 0 aromatic carbocycles. The summed E-state index contributed by atoms with van der Waals surface area (Å²) in [5.41, 5.74) is 1.43. The van der Waals surface area contributed by atoms with E-state index in [2.05, 4.69) is 21.3 Å². The largest absolute Gasteiger partial charge is 0.355 e. The molecule has 0 aliphatic carbocycles. The highest BCUT2D eigenvalue weighted by atomic mass is 16.2. The highest BCUT2D eigenvalue weighted by Crippen LogP contribution is 2.16. The molecule has 1 aromatic rings.